The summed E-state index contributed by atoms with van der Waals surface area (Å²) in [6.07, 6.45) is 17.0. The van der Waals surface area contributed by atoms with Crippen LogP contribution in [0, 0.1) is 39.9 Å². The van der Waals surface area contributed by atoms with Gasteiger partial charge in [0.2, 0.25) is 23.6 Å². The van der Waals surface area contributed by atoms with Gasteiger partial charge in [-0.2, -0.15) is 0 Å². The van der Waals surface area contributed by atoms with Crippen LogP contribution in [0.3, 0.4) is 0 Å². The van der Waals surface area contributed by atoms with E-state index in [0.29, 0.717) is 108 Å². The number of unbranched alkanes of at least 4 members (excludes halogenated alkanes) is 1. The number of Topliss-reactive ketones (excluding diaryl/α,β-unsaturated/α-hetero) is 1. The van der Waals surface area contributed by atoms with Crippen LogP contribution in [0.25, 0.3) is 0 Å². The zero-order chi connectivity index (χ0) is 56.8. The molecule has 0 saturated heterocycles. The molecular weight excluding hydrogens is 1010 g/mol. The number of allylic oxidation sites excluding steroid dienone is 1. The molecular formula is C61H97N5O13. The molecule has 6 N–H and O–H groups in total. The summed E-state index contributed by atoms with van der Waals surface area (Å²) >= 11 is 0. The van der Waals surface area contributed by atoms with E-state index in [1.54, 1.807) is 24.3 Å². The third-order valence-corrected chi connectivity index (χ3v) is 18.3. The van der Waals surface area contributed by atoms with Gasteiger partial charge in [0.05, 0.1) is 59.0 Å². The van der Waals surface area contributed by atoms with Crippen LogP contribution >= 0.6 is 0 Å². The van der Waals surface area contributed by atoms with Gasteiger partial charge >= 0.3 is 6.16 Å². The van der Waals surface area contributed by atoms with Crippen LogP contribution in [0.2, 0.25) is 0 Å². The fraction of sp³-hybridized carbons (Fsp3) is 0.770. The van der Waals surface area contributed by atoms with Gasteiger partial charge in [-0.05, 0) is 149 Å². The second kappa shape index (κ2) is 31.7. The molecule has 18 heteroatoms. The summed E-state index contributed by atoms with van der Waals surface area (Å²) in [6.45, 7) is 16.5. The average molecular weight is 1110 g/mol. The quantitative estimate of drug-likeness (QED) is 0.0267. The predicted molar refractivity (Wildman–Crippen MR) is 301 cm³/mol. The van der Waals surface area contributed by atoms with Crippen molar-refractivity contribution in [2.45, 2.75) is 188 Å². The highest BCUT2D eigenvalue weighted by atomic mass is 16.7. The predicted octanol–water partition coefficient (Wildman–Crippen LogP) is 8.27. The third-order valence-electron chi connectivity index (χ3n) is 18.3. The molecule has 0 aliphatic heterocycles. The van der Waals surface area contributed by atoms with E-state index >= 15 is 0 Å². The minimum Gasteiger partial charge on any atom is -0.430 e. The number of nitrogens with two attached hydrogens (primary N) is 1. The summed E-state index contributed by atoms with van der Waals surface area (Å²) in [5, 5.41) is 11.4. The van der Waals surface area contributed by atoms with Gasteiger partial charge in [-0.1, -0.05) is 71.2 Å². The summed E-state index contributed by atoms with van der Waals surface area (Å²) in [7, 11) is 0. The summed E-state index contributed by atoms with van der Waals surface area (Å²) in [5.41, 5.74) is 8.54. The Labute approximate surface area is 470 Å². The number of rotatable bonds is 31. The van der Waals surface area contributed by atoms with Crippen LogP contribution < -0.4 is 27.0 Å². The molecule has 79 heavy (non-hydrogen) atoms. The first kappa shape index (κ1) is 63.7. The number of carbonyl (C=O) groups excluding carboxylic acids is 6. The number of ether oxygens (including phenoxy) is 7. The Kier molecular flexibility index (Phi) is 25.5. The molecule has 1 aromatic rings. The fourth-order valence-corrected chi connectivity index (χ4v) is 13.8. The lowest BCUT2D eigenvalue weighted by Crippen LogP contribution is -2.59. The van der Waals surface area contributed by atoms with Gasteiger partial charge in [0, 0.05) is 36.9 Å². The largest absolute Gasteiger partial charge is 0.508 e. The SMILES string of the molecule is C/C1=C/C(OCC(=O)NCCOCCOCCOCCOCCC(=O)N[C@H](C(=O)N[C@@H](CCCCN)C(=O)Nc2ccc(COC(=O)O[C@H]3CC[C@@H]4[C@]3(C)CC[C@H]3[C@@]4(C)CCC4CC(=O)CC[C@@]43C)cc2)C(C)C)CCCCC1. The lowest BCUT2D eigenvalue weighted by Gasteiger charge is -2.65. The van der Waals surface area contributed by atoms with Crippen LogP contribution in [0.5, 0.6) is 0 Å². The first-order valence-electron chi connectivity index (χ1n) is 29.9. The first-order chi connectivity index (χ1) is 37.9. The van der Waals surface area contributed by atoms with E-state index in [1.807, 2.05) is 13.8 Å². The highest BCUT2D eigenvalue weighted by Gasteiger charge is 2.66. The normalized spacial score (nSPS) is 28.1. The zero-order valence-corrected chi connectivity index (χ0v) is 48.6. The molecule has 5 aliphatic rings. The molecule has 1 aromatic carbocycles. The van der Waals surface area contributed by atoms with Gasteiger partial charge in [0.25, 0.3) is 0 Å². The Hall–Kier alpha value is -4.46. The Bertz CT molecular complexity index is 2160. The maximum atomic E-state index is 13.7. The monoisotopic (exact) mass is 1110 g/mol. The summed E-state index contributed by atoms with van der Waals surface area (Å²) in [6, 6.07) is 5.22. The van der Waals surface area contributed by atoms with Gasteiger partial charge in [-0.15, -0.1) is 0 Å². The highest BCUT2D eigenvalue weighted by molar-refractivity contribution is 5.98. The van der Waals surface area contributed by atoms with E-state index in [1.165, 1.54) is 18.4 Å². The molecule has 0 aromatic heterocycles. The van der Waals surface area contributed by atoms with Gasteiger partial charge in [-0.3, -0.25) is 24.0 Å². The molecule has 0 bridgehead atoms. The minimum absolute atomic E-state index is 0.00318. The summed E-state index contributed by atoms with van der Waals surface area (Å²) in [5.74, 6) is 0.265. The molecule has 6 rings (SSSR count). The second-order valence-corrected chi connectivity index (χ2v) is 24.2. The maximum Gasteiger partial charge on any atom is 0.508 e. The van der Waals surface area contributed by atoms with E-state index in [0.717, 1.165) is 76.2 Å². The van der Waals surface area contributed by atoms with E-state index in [2.05, 4.69) is 55.0 Å². The Balaban J connectivity index is 0.820. The molecule has 4 saturated carbocycles. The number of benzene rings is 1. The molecule has 4 amide bonds. The zero-order valence-electron chi connectivity index (χ0n) is 48.6. The van der Waals surface area contributed by atoms with Gasteiger partial charge in [0.15, 0.2) is 0 Å². The molecule has 10 atom stereocenters. The maximum absolute atomic E-state index is 13.7. The molecule has 18 nitrogen and oxygen atoms in total. The van der Waals surface area contributed by atoms with Crippen LogP contribution in [-0.4, -0.2) is 132 Å². The molecule has 4 fully saturated rings. The smallest absolute Gasteiger partial charge is 0.430 e. The standard InChI is InChI=1S/C61H97N5O13/c1-42(2)55(66-53(68)24-30-73-32-34-75-36-37-76-35-33-74-31-29-63-54(69)41-77-48-13-9-7-8-12-43(3)38-48)57(71)65-49(14-10-11-28-62)56(70)64-46-17-15-44(16-18-46)40-78-58(72)79-52-20-19-50-60(5)25-21-45-39-47(67)22-26-59(45,4)51(60)23-27-61(50,52)6/h15-18,38,42,45,48-52,55H,7-14,19-37,39-41,62H2,1-6H3,(H,63,69)(H,64,70)(H,65,71)(H,66,68)/b43-38-/t45?,48?,49-,50-,51+,52-,55-,59-,60-,61-/m0/s1. The van der Waals surface area contributed by atoms with Crippen molar-refractivity contribution in [1.29, 1.82) is 0 Å². The van der Waals surface area contributed by atoms with Crippen LogP contribution in [0.4, 0.5) is 10.5 Å². The Morgan fingerprint density at radius 2 is 1.39 bits per heavy atom. The van der Waals surface area contributed by atoms with Gasteiger partial charge in [-0.25, -0.2) is 4.79 Å². The Morgan fingerprint density at radius 1 is 0.709 bits per heavy atom. The number of nitrogens with one attached hydrogen (secondary N) is 4. The number of ketones is 1. The molecule has 0 heterocycles. The highest BCUT2D eigenvalue weighted by Crippen LogP contribution is 2.71. The third kappa shape index (κ3) is 18.8. The van der Waals surface area contributed by atoms with Gasteiger partial charge in [0.1, 0.15) is 37.2 Å². The number of hydrogen-bond acceptors (Lipinski definition) is 14. The van der Waals surface area contributed by atoms with Crippen LogP contribution in [-0.2, 0) is 63.7 Å². The number of anilines is 1. The molecule has 2 unspecified atom stereocenters. The number of fused-ring (bicyclic) bond motifs is 5. The minimum atomic E-state index is -0.888. The molecule has 0 radical (unpaired) electrons. The van der Waals surface area contributed by atoms with Crippen molar-refractivity contribution in [3.8, 4) is 0 Å². The van der Waals surface area contributed by atoms with Crippen molar-refractivity contribution in [2.75, 3.05) is 77.9 Å². The van der Waals surface area contributed by atoms with E-state index in [9.17, 15) is 28.8 Å². The Morgan fingerprint density at radius 3 is 2.10 bits per heavy atom. The topological polar surface area (TPSA) is 241 Å². The van der Waals surface area contributed by atoms with Crippen molar-refractivity contribution in [1.82, 2.24) is 16.0 Å². The molecule has 0 spiro atoms. The summed E-state index contributed by atoms with van der Waals surface area (Å²) in [4.78, 5) is 78.1. The van der Waals surface area contributed by atoms with Crippen LogP contribution in [0.1, 0.15) is 163 Å². The van der Waals surface area contributed by atoms with Crippen molar-refractivity contribution >= 4 is 41.3 Å². The van der Waals surface area contributed by atoms with Crippen molar-refractivity contribution in [3.63, 3.8) is 0 Å². The summed E-state index contributed by atoms with van der Waals surface area (Å²) < 4.78 is 39.8. The number of amides is 4. The average Bonchev–Trinajstić information content (AvgIpc) is 4.05. The van der Waals surface area contributed by atoms with E-state index < -0.39 is 30.1 Å². The van der Waals surface area contributed by atoms with Crippen LogP contribution in [0.15, 0.2) is 35.9 Å². The number of carbonyl (C=O) groups is 6. The van der Waals surface area contributed by atoms with Crippen molar-refractivity contribution < 1.29 is 61.9 Å². The van der Waals surface area contributed by atoms with E-state index in [4.69, 9.17) is 38.9 Å². The lowest BCUT2D eigenvalue weighted by molar-refractivity contribution is -0.175. The first-order valence-corrected chi connectivity index (χ1v) is 29.9. The van der Waals surface area contributed by atoms with Gasteiger partial charge < -0.3 is 60.2 Å². The van der Waals surface area contributed by atoms with Crippen molar-refractivity contribution in [2.24, 2.45) is 45.7 Å². The number of hydrogen-bond donors (Lipinski definition) is 5. The molecule has 5 aliphatic carbocycles. The fourth-order valence-electron chi connectivity index (χ4n) is 13.8. The lowest BCUT2D eigenvalue weighted by atomic mass is 9.40. The van der Waals surface area contributed by atoms with E-state index in [-0.39, 0.29) is 79.0 Å². The second-order valence-electron chi connectivity index (χ2n) is 24.2. The van der Waals surface area contributed by atoms with Crippen molar-refractivity contribution in [3.05, 3.63) is 41.5 Å². The molecule has 444 valence electrons.